The largest absolute Gasteiger partial charge is 0.489 e. The molecule has 1 N–H and O–H groups in total. The second-order valence-electron chi connectivity index (χ2n) is 11.3. The van der Waals surface area contributed by atoms with Crippen molar-refractivity contribution in [3.63, 3.8) is 0 Å². The minimum absolute atomic E-state index is 0.373. The maximum atomic E-state index is 6.49. The van der Waals surface area contributed by atoms with Crippen molar-refractivity contribution in [3.8, 4) is 17.0 Å². The second kappa shape index (κ2) is 12.1. The van der Waals surface area contributed by atoms with Gasteiger partial charge in [-0.1, -0.05) is 45.9 Å². The van der Waals surface area contributed by atoms with E-state index in [9.17, 15) is 0 Å². The Balaban J connectivity index is 1.78. The van der Waals surface area contributed by atoms with Gasteiger partial charge in [0.05, 0.1) is 11.4 Å². The van der Waals surface area contributed by atoms with E-state index in [1.54, 1.807) is 0 Å². The quantitative estimate of drug-likeness (QED) is 0.220. The van der Waals surface area contributed by atoms with Crippen molar-refractivity contribution in [1.29, 1.82) is 0 Å². The smallest absolute Gasteiger partial charge is 0.123 e. The first-order valence-electron chi connectivity index (χ1n) is 14.0. The predicted octanol–water partition coefficient (Wildman–Crippen LogP) is 8.12. The molecule has 0 radical (unpaired) electrons. The molecule has 5 nitrogen and oxygen atoms in total. The summed E-state index contributed by atoms with van der Waals surface area (Å²) < 4.78 is 6.49. The van der Waals surface area contributed by atoms with Gasteiger partial charge in [0.1, 0.15) is 12.4 Å². The minimum atomic E-state index is 0.373. The van der Waals surface area contributed by atoms with Gasteiger partial charge >= 0.3 is 0 Å². The van der Waals surface area contributed by atoms with Gasteiger partial charge in [-0.2, -0.15) is 5.10 Å². The summed E-state index contributed by atoms with van der Waals surface area (Å²) in [5, 5.41) is 3.93. The molecule has 3 aromatic rings. The molecule has 202 valence electrons. The number of nitrogens with one attached hydrogen (secondary N) is 1. The van der Waals surface area contributed by atoms with Crippen LogP contribution in [0, 0.1) is 20.8 Å². The number of pyridine rings is 1. The SMILES string of the molecule is C=NNc1ccc(C(C)C)c(-c2cc(CN3CCCC3)c(COc3cc(C(C)C)ccc3C)c(C)n2)c1C. The van der Waals surface area contributed by atoms with E-state index in [4.69, 9.17) is 9.72 Å². The lowest BCUT2D eigenvalue weighted by Crippen LogP contribution is -2.20. The van der Waals surface area contributed by atoms with Gasteiger partial charge < -0.3 is 4.74 Å². The molecule has 0 saturated carbocycles. The summed E-state index contributed by atoms with van der Waals surface area (Å²) >= 11 is 0. The Morgan fingerprint density at radius 3 is 2.39 bits per heavy atom. The molecule has 38 heavy (non-hydrogen) atoms. The number of hydrazone groups is 1. The maximum absolute atomic E-state index is 6.49. The van der Waals surface area contributed by atoms with E-state index >= 15 is 0 Å². The summed E-state index contributed by atoms with van der Waals surface area (Å²) in [6.45, 7) is 22.7. The van der Waals surface area contributed by atoms with Crippen LogP contribution in [0.1, 0.15) is 91.4 Å². The maximum Gasteiger partial charge on any atom is 0.123 e. The zero-order chi connectivity index (χ0) is 27.4. The van der Waals surface area contributed by atoms with Gasteiger partial charge in [0.15, 0.2) is 0 Å². The standard InChI is InChI=1S/C33H44N4O/c1-21(2)26-12-11-23(5)32(18-26)38-20-29-25(7)35-31(17-27(29)19-37-15-9-10-16-37)33-24(6)30(36-34-8)14-13-28(33)22(3)4/h11-14,17-18,21-22,36H,8-10,15-16,19-20H2,1-7H3. The van der Waals surface area contributed by atoms with Crippen LogP contribution < -0.4 is 10.2 Å². The number of aromatic nitrogens is 1. The third-order valence-corrected chi connectivity index (χ3v) is 7.84. The Hall–Kier alpha value is -3.18. The van der Waals surface area contributed by atoms with E-state index in [-0.39, 0.29) is 0 Å². The Bertz CT molecular complexity index is 1290. The molecule has 0 aliphatic carbocycles. The number of hydrogen-bond donors (Lipinski definition) is 1. The third-order valence-electron chi connectivity index (χ3n) is 7.84. The van der Waals surface area contributed by atoms with Crippen LogP contribution in [-0.4, -0.2) is 29.7 Å². The van der Waals surface area contributed by atoms with Crippen LogP contribution in [0.5, 0.6) is 5.75 Å². The van der Waals surface area contributed by atoms with Crippen LogP contribution in [-0.2, 0) is 13.2 Å². The van der Waals surface area contributed by atoms with Crippen LogP contribution >= 0.6 is 0 Å². The number of nitrogens with zero attached hydrogens (tertiary/aromatic N) is 3. The van der Waals surface area contributed by atoms with Crippen LogP contribution in [0.3, 0.4) is 0 Å². The molecule has 0 spiro atoms. The van der Waals surface area contributed by atoms with Gasteiger partial charge in [-0.05, 0) is 105 Å². The third kappa shape index (κ3) is 6.10. The van der Waals surface area contributed by atoms with Crippen molar-refractivity contribution in [3.05, 3.63) is 75.5 Å². The van der Waals surface area contributed by atoms with Crippen molar-refractivity contribution < 1.29 is 4.74 Å². The minimum Gasteiger partial charge on any atom is -0.489 e. The van der Waals surface area contributed by atoms with Gasteiger partial charge in [0.2, 0.25) is 0 Å². The molecule has 1 saturated heterocycles. The Labute approximate surface area is 229 Å². The average Bonchev–Trinajstić information content (AvgIpc) is 3.38. The van der Waals surface area contributed by atoms with Crippen LogP contribution in [0.2, 0.25) is 0 Å². The zero-order valence-corrected chi connectivity index (χ0v) is 24.3. The number of rotatable bonds is 10. The van der Waals surface area contributed by atoms with Crippen LogP contribution in [0.15, 0.2) is 41.5 Å². The molecule has 1 aromatic heterocycles. The normalized spacial score (nSPS) is 13.9. The summed E-state index contributed by atoms with van der Waals surface area (Å²) in [4.78, 5) is 7.75. The molecular weight excluding hydrogens is 468 g/mol. The Morgan fingerprint density at radius 1 is 1.00 bits per heavy atom. The highest BCUT2D eigenvalue weighted by atomic mass is 16.5. The molecule has 0 amide bonds. The second-order valence-corrected chi connectivity index (χ2v) is 11.3. The summed E-state index contributed by atoms with van der Waals surface area (Å²) in [6.07, 6.45) is 2.53. The first kappa shape index (κ1) is 27.8. The van der Waals surface area contributed by atoms with Crippen molar-refractivity contribution in [2.24, 2.45) is 5.10 Å². The molecule has 0 unspecified atom stereocenters. The molecule has 1 aliphatic rings. The van der Waals surface area contributed by atoms with Crippen molar-refractivity contribution >= 4 is 12.4 Å². The van der Waals surface area contributed by atoms with E-state index < -0.39 is 0 Å². The number of likely N-dealkylation sites (tertiary alicyclic amines) is 1. The highest BCUT2D eigenvalue weighted by molar-refractivity contribution is 5.76. The molecular formula is C33H44N4O. The topological polar surface area (TPSA) is 49.8 Å². The van der Waals surface area contributed by atoms with E-state index in [2.05, 4.69) is 107 Å². The summed E-state index contributed by atoms with van der Waals surface area (Å²) in [7, 11) is 0. The van der Waals surface area contributed by atoms with Crippen molar-refractivity contribution in [2.75, 3.05) is 18.5 Å². The summed E-state index contributed by atoms with van der Waals surface area (Å²) in [6, 6.07) is 13.2. The van der Waals surface area contributed by atoms with E-state index in [1.807, 2.05) is 0 Å². The first-order chi connectivity index (χ1) is 18.2. The van der Waals surface area contributed by atoms with Crippen LogP contribution in [0.4, 0.5) is 5.69 Å². The molecule has 2 heterocycles. The molecule has 4 rings (SSSR count). The van der Waals surface area contributed by atoms with Gasteiger partial charge in [0.25, 0.3) is 0 Å². The van der Waals surface area contributed by atoms with E-state index in [0.717, 1.165) is 53.6 Å². The zero-order valence-electron chi connectivity index (χ0n) is 24.3. The molecule has 1 aliphatic heterocycles. The molecule has 5 heteroatoms. The number of anilines is 1. The van der Waals surface area contributed by atoms with Gasteiger partial charge in [-0.25, -0.2) is 0 Å². The molecule has 1 fully saturated rings. The van der Waals surface area contributed by atoms with Crippen molar-refractivity contribution in [2.45, 2.75) is 86.3 Å². The van der Waals surface area contributed by atoms with Crippen LogP contribution in [0.25, 0.3) is 11.3 Å². The van der Waals surface area contributed by atoms with Gasteiger partial charge in [-0.15, -0.1) is 0 Å². The monoisotopic (exact) mass is 512 g/mol. The molecule has 0 bridgehead atoms. The summed E-state index contributed by atoms with van der Waals surface area (Å²) in [5.74, 6) is 1.80. The Morgan fingerprint density at radius 2 is 1.74 bits per heavy atom. The number of ether oxygens (including phenoxy) is 1. The average molecular weight is 513 g/mol. The summed E-state index contributed by atoms with van der Waals surface area (Å²) in [5.41, 5.74) is 14.7. The van der Waals surface area contributed by atoms with E-state index in [1.165, 1.54) is 40.7 Å². The van der Waals surface area contributed by atoms with E-state index in [0.29, 0.717) is 18.4 Å². The lowest BCUT2D eigenvalue weighted by Gasteiger charge is -2.23. The molecule has 2 aromatic carbocycles. The predicted molar refractivity (Wildman–Crippen MR) is 161 cm³/mol. The highest BCUT2D eigenvalue weighted by Gasteiger charge is 2.21. The number of aryl methyl sites for hydroxylation is 2. The first-order valence-corrected chi connectivity index (χ1v) is 14.0. The number of benzene rings is 2. The fourth-order valence-electron chi connectivity index (χ4n) is 5.45. The Kier molecular flexibility index (Phi) is 8.88. The van der Waals surface area contributed by atoms with Gasteiger partial charge in [-0.3, -0.25) is 15.3 Å². The fraction of sp³-hybridized carbons (Fsp3) is 0.455. The molecule has 0 atom stereocenters. The highest BCUT2D eigenvalue weighted by Crippen LogP contribution is 2.37. The number of hydrogen-bond acceptors (Lipinski definition) is 5. The lowest BCUT2D eigenvalue weighted by molar-refractivity contribution is 0.292. The van der Waals surface area contributed by atoms with Gasteiger partial charge in [0, 0.05) is 30.1 Å². The lowest BCUT2D eigenvalue weighted by atomic mass is 9.89. The fourth-order valence-corrected chi connectivity index (χ4v) is 5.45. The van der Waals surface area contributed by atoms with Crippen molar-refractivity contribution in [1.82, 2.24) is 9.88 Å².